The van der Waals surface area contributed by atoms with Gasteiger partial charge in [-0.25, -0.2) is 0 Å². The van der Waals surface area contributed by atoms with Crippen molar-refractivity contribution >= 4 is 17.9 Å². The van der Waals surface area contributed by atoms with Crippen LogP contribution >= 0.6 is 0 Å². The third-order valence-electron chi connectivity index (χ3n) is 11.6. The molecule has 0 aromatic heterocycles. The summed E-state index contributed by atoms with van der Waals surface area (Å²) in [4.78, 5) is 37.8. The molecule has 344 valence electrons. The Morgan fingerprint density at radius 2 is 0.500 bits per heavy atom. The number of carbonyl (C=O) groups is 3. The molecule has 0 spiro atoms. The minimum Gasteiger partial charge on any atom is -0.462 e. The minimum absolute atomic E-state index is 0.0659. The number of rotatable bonds is 45. The van der Waals surface area contributed by atoms with Crippen molar-refractivity contribution in [2.45, 2.75) is 285 Å². The molecule has 0 heterocycles. The van der Waals surface area contributed by atoms with E-state index in [0.717, 1.165) is 75.5 Å². The summed E-state index contributed by atoms with van der Waals surface area (Å²) in [5, 5.41) is 0. The van der Waals surface area contributed by atoms with Crippen LogP contribution in [0.25, 0.3) is 0 Å². The molecule has 0 N–H and O–H groups in total. The highest BCUT2D eigenvalue weighted by Crippen LogP contribution is 2.17. The van der Waals surface area contributed by atoms with E-state index in [1.165, 1.54) is 161 Å². The predicted molar refractivity (Wildman–Crippen MR) is 247 cm³/mol. The molecule has 0 rings (SSSR count). The van der Waals surface area contributed by atoms with Crippen LogP contribution in [0.3, 0.4) is 0 Å². The quantitative estimate of drug-likeness (QED) is 0.0346. The number of hydrogen-bond acceptors (Lipinski definition) is 6. The topological polar surface area (TPSA) is 78.9 Å². The van der Waals surface area contributed by atoms with Crippen molar-refractivity contribution in [3.05, 3.63) is 0 Å². The summed E-state index contributed by atoms with van der Waals surface area (Å²) < 4.78 is 16.8. The second-order valence-electron chi connectivity index (χ2n) is 19.2. The first-order valence-corrected chi connectivity index (χ1v) is 25.6. The Labute approximate surface area is 361 Å². The highest BCUT2D eigenvalue weighted by Gasteiger charge is 2.19. The monoisotopic (exact) mass is 821 g/mol. The molecule has 6 heteroatoms. The molecule has 0 aromatic carbocycles. The summed E-state index contributed by atoms with van der Waals surface area (Å²) in [6, 6.07) is 0. The Balaban J connectivity index is 4.25. The van der Waals surface area contributed by atoms with Crippen LogP contribution in [0, 0.1) is 17.8 Å². The van der Waals surface area contributed by atoms with Gasteiger partial charge in [0.05, 0.1) is 0 Å². The molecule has 0 fully saturated rings. The van der Waals surface area contributed by atoms with Crippen molar-refractivity contribution in [2.75, 3.05) is 13.2 Å². The lowest BCUT2D eigenvalue weighted by molar-refractivity contribution is -0.167. The molecular weight excluding hydrogens is 721 g/mol. The molecule has 6 nitrogen and oxygen atoms in total. The molecule has 0 saturated carbocycles. The van der Waals surface area contributed by atoms with Gasteiger partial charge in [0.1, 0.15) is 13.2 Å². The van der Waals surface area contributed by atoms with Crippen LogP contribution < -0.4 is 0 Å². The standard InChI is InChI=1S/C52H100O6/c1-46(2)38-32-26-20-15-13-11-9-7-8-10-12-14-16-24-31-37-43-52(55)58-49(45-57-51(54)42-36-30-25-19-22-28-34-40-48(5)6)44-56-50(53)41-35-29-23-18-17-21-27-33-39-47(3)4/h46-49H,7-45H2,1-6H3/t49-/m0/s1. The number of unbranched alkanes of at least 4 members (excludes halogenated alkanes) is 28. The minimum atomic E-state index is -0.763. The average molecular weight is 821 g/mol. The maximum atomic E-state index is 12.8. The highest BCUT2D eigenvalue weighted by atomic mass is 16.6. The number of ether oxygens (including phenoxy) is 3. The number of hydrogen-bond donors (Lipinski definition) is 0. The third-order valence-corrected chi connectivity index (χ3v) is 11.6. The van der Waals surface area contributed by atoms with E-state index < -0.39 is 6.10 Å². The Hall–Kier alpha value is -1.59. The van der Waals surface area contributed by atoms with Gasteiger partial charge in [-0.05, 0) is 37.0 Å². The summed E-state index contributed by atoms with van der Waals surface area (Å²) in [7, 11) is 0. The molecule has 0 aliphatic carbocycles. The zero-order valence-electron chi connectivity index (χ0n) is 39.8. The van der Waals surface area contributed by atoms with Gasteiger partial charge in [-0.3, -0.25) is 14.4 Å². The van der Waals surface area contributed by atoms with Gasteiger partial charge in [0.25, 0.3) is 0 Å². The van der Waals surface area contributed by atoms with E-state index in [9.17, 15) is 14.4 Å². The van der Waals surface area contributed by atoms with Gasteiger partial charge in [0, 0.05) is 19.3 Å². The van der Waals surface area contributed by atoms with Crippen LogP contribution in [-0.4, -0.2) is 37.2 Å². The van der Waals surface area contributed by atoms with Crippen LogP contribution in [0.5, 0.6) is 0 Å². The lowest BCUT2D eigenvalue weighted by atomic mass is 10.0. The van der Waals surface area contributed by atoms with E-state index in [1.807, 2.05) is 0 Å². The van der Waals surface area contributed by atoms with Crippen LogP contribution in [0.1, 0.15) is 279 Å². The first kappa shape index (κ1) is 56.4. The summed E-state index contributed by atoms with van der Waals surface area (Å²) in [6.07, 6.45) is 42.5. The fourth-order valence-corrected chi connectivity index (χ4v) is 7.76. The van der Waals surface area contributed by atoms with Crippen LogP contribution in [0.2, 0.25) is 0 Å². The van der Waals surface area contributed by atoms with Gasteiger partial charge in [-0.15, -0.1) is 0 Å². The van der Waals surface area contributed by atoms with Gasteiger partial charge in [-0.2, -0.15) is 0 Å². The lowest BCUT2D eigenvalue weighted by Crippen LogP contribution is -2.30. The van der Waals surface area contributed by atoms with Crippen molar-refractivity contribution in [3.8, 4) is 0 Å². The Morgan fingerprint density at radius 1 is 0.293 bits per heavy atom. The van der Waals surface area contributed by atoms with Gasteiger partial charge in [0.2, 0.25) is 0 Å². The van der Waals surface area contributed by atoms with Gasteiger partial charge in [0.15, 0.2) is 6.10 Å². The van der Waals surface area contributed by atoms with E-state index in [1.54, 1.807) is 0 Å². The first-order valence-electron chi connectivity index (χ1n) is 25.6. The largest absolute Gasteiger partial charge is 0.462 e. The van der Waals surface area contributed by atoms with E-state index >= 15 is 0 Å². The normalized spacial score (nSPS) is 12.2. The Morgan fingerprint density at radius 3 is 0.741 bits per heavy atom. The van der Waals surface area contributed by atoms with E-state index in [2.05, 4.69) is 41.5 Å². The second-order valence-corrected chi connectivity index (χ2v) is 19.2. The fourth-order valence-electron chi connectivity index (χ4n) is 7.76. The fraction of sp³-hybridized carbons (Fsp3) is 0.942. The van der Waals surface area contributed by atoms with Gasteiger partial charge < -0.3 is 14.2 Å². The van der Waals surface area contributed by atoms with Crippen molar-refractivity contribution in [1.82, 2.24) is 0 Å². The van der Waals surface area contributed by atoms with Crippen molar-refractivity contribution < 1.29 is 28.6 Å². The average Bonchev–Trinajstić information content (AvgIpc) is 3.18. The lowest BCUT2D eigenvalue weighted by Gasteiger charge is -2.18. The summed E-state index contributed by atoms with van der Waals surface area (Å²) in [5.74, 6) is 1.57. The molecule has 1 atom stereocenters. The molecule has 0 radical (unpaired) electrons. The Bertz CT molecular complexity index is 898. The first-order chi connectivity index (χ1) is 28.1. The molecule has 0 bridgehead atoms. The summed E-state index contributed by atoms with van der Waals surface area (Å²) >= 11 is 0. The molecule has 0 unspecified atom stereocenters. The molecule has 0 aromatic rings. The summed E-state index contributed by atoms with van der Waals surface area (Å²) in [5.41, 5.74) is 0. The van der Waals surface area contributed by atoms with Crippen molar-refractivity contribution in [2.24, 2.45) is 17.8 Å². The molecule has 0 saturated heterocycles. The third kappa shape index (κ3) is 45.5. The number of carbonyl (C=O) groups excluding carboxylic acids is 3. The molecular formula is C52H100O6. The predicted octanol–water partition coefficient (Wildman–Crippen LogP) is 16.4. The van der Waals surface area contributed by atoms with Gasteiger partial charge >= 0.3 is 17.9 Å². The smallest absolute Gasteiger partial charge is 0.306 e. The highest BCUT2D eigenvalue weighted by molar-refractivity contribution is 5.71. The summed E-state index contributed by atoms with van der Waals surface area (Å²) in [6.45, 7) is 13.6. The van der Waals surface area contributed by atoms with Crippen molar-refractivity contribution in [1.29, 1.82) is 0 Å². The SMILES string of the molecule is CC(C)CCCCCCCCCCCCCCCCCCC(=O)O[C@@H](COC(=O)CCCCCCCCCCC(C)C)COC(=O)CCCCCCCCCC(C)C. The van der Waals surface area contributed by atoms with Crippen molar-refractivity contribution in [3.63, 3.8) is 0 Å². The zero-order valence-corrected chi connectivity index (χ0v) is 39.8. The molecule has 0 amide bonds. The second kappa shape index (κ2) is 43.5. The van der Waals surface area contributed by atoms with Crippen LogP contribution in [0.4, 0.5) is 0 Å². The van der Waals surface area contributed by atoms with E-state index in [4.69, 9.17) is 14.2 Å². The van der Waals surface area contributed by atoms with Crippen LogP contribution in [0.15, 0.2) is 0 Å². The number of esters is 3. The van der Waals surface area contributed by atoms with Gasteiger partial charge in [-0.1, -0.05) is 241 Å². The zero-order chi connectivity index (χ0) is 42.7. The maximum Gasteiger partial charge on any atom is 0.306 e. The molecule has 0 aliphatic rings. The molecule has 58 heavy (non-hydrogen) atoms. The van der Waals surface area contributed by atoms with Crippen LogP contribution in [-0.2, 0) is 28.6 Å². The molecule has 0 aliphatic heterocycles. The maximum absolute atomic E-state index is 12.8. The van der Waals surface area contributed by atoms with E-state index in [0.29, 0.717) is 19.3 Å². The van der Waals surface area contributed by atoms with E-state index in [-0.39, 0.29) is 31.1 Å². The Kier molecular flexibility index (Phi) is 42.3.